The monoisotopic (exact) mass is 464 g/mol. The maximum Gasteiger partial charge on any atom is 0.126 e. The van der Waals surface area contributed by atoms with Gasteiger partial charge in [0.25, 0.3) is 0 Å². The van der Waals surface area contributed by atoms with Crippen LogP contribution in [0.5, 0.6) is 5.75 Å². The van der Waals surface area contributed by atoms with Crippen molar-refractivity contribution in [2.24, 2.45) is 0 Å². The summed E-state index contributed by atoms with van der Waals surface area (Å²) in [6, 6.07) is 24.1. The molecule has 0 aliphatic carbocycles. The number of ether oxygens (including phenoxy) is 1. The number of benzene rings is 3. The molecule has 1 unspecified atom stereocenters. The molecule has 0 aliphatic heterocycles. The number of para-hydroxylation sites is 1. The Bertz CT molecular complexity index is 1010. The first-order valence-corrected chi connectivity index (χ1v) is 15.1. The molecule has 0 aliphatic rings. The summed E-state index contributed by atoms with van der Waals surface area (Å²) in [7, 11) is 0.762. The van der Waals surface area contributed by atoms with Gasteiger partial charge in [0.2, 0.25) is 0 Å². The van der Waals surface area contributed by atoms with Gasteiger partial charge < -0.3 is 4.74 Å². The van der Waals surface area contributed by atoms with Crippen LogP contribution in [0.15, 0.2) is 66.7 Å². The minimum Gasteiger partial charge on any atom is -0.488 e. The fourth-order valence-corrected chi connectivity index (χ4v) is 7.31. The van der Waals surface area contributed by atoms with Crippen molar-refractivity contribution in [2.45, 2.75) is 58.5 Å². The first-order chi connectivity index (χ1) is 15.4. The smallest absolute Gasteiger partial charge is 0.126 e. The Morgan fingerprint density at radius 1 is 0.812 bits per heavy atom. The minimum absolute atomic E-state index is 0.0272. The highest BCUT2D eigenvalue weighted by Crippen LogP contribution is 2.52. The van der Waals surface area contributed by atoms with Gasteiger partial charge in [-0.2, -0.15) is 0 Å². The van der Waals surface area contributed by atoms with Crippen LogP contribution in [-0.4, -0.2) is 13.3 Å². The Morgan fingerprint density at radius 3 is 2.12 bits per heavy atom. The first-order valence-electron chi connectivity index (χ1n) is 11.7. The van der Waals surface area contributed by atoms with Crippen LogP contribution >= 0.6 is 16.5 Å². The summed E-state index contributed by atoms with van der Waals surface area (Å²) in [6.07, 6.45) is 3.41. The van der Waals surface area contributed by atoms with Crippen molar-refractivity contribution in [1.82, 2.24) is 0 Å². The van der Waals surface area contributed by atoms with Gasteiger partial charge >= 0.3 is 0 Å². The highest BCUT2D eigenvalue weighted by molar-refractivity contribution is 7.55. The van der Waals surface area contributed by atoms with Gasteiger partial charge in [-0.25, -0.2) is 0 Å². The van der Waals surface area contributed by atoms with Crippen molar-refractivity contribution >= 4 is 21.8 Å². The lowest BCUT2D eigenvalue weighted by atomic mass is 9.90. The Morgan fingerprint density at radius 2 is 1.47 bits per heavy atom. The maximum absolute atomic E-state index is 6.53. The third-order valence-corrected chi connectivity index (χ3v) is 9.76. The fourth-order valence-electron chi connectivity index (χ4n) is 4.44. The molecule has 0 radical (unpaired) electrons. The van der Waals surface area contributed by atoms with E-state index in [1.165, 1.54) is 28.4 Å². The van der Waals surface area contributed by atoms with Gasteiger partial charge in [0.1, 0.15) is 12.4 Å². The van der Waals surface area contributed by atoms with Gasteiger partial charge in [0.15, 0.2) is 0 Å². The van der Waals surface area contributed by atoms with Crippen LogP contribution in [0.1, 0.15) is 54.5 Å². The van der Waals surface area contributed by atoms with E-state index in [9.17, 15) is 0 Å². The van der Waals surface area contributed by atoms with Crippen LogP contribution in [0.25, 0.3) is 0 Å². The molecule has 3 aromatic carbocycles. The standard InChI is InChI=1S/C29H38OP2/c1-7-29(8-2,31-28-23(4)15-12-18-25(28)21-32(5)6)26-19-13-14-22(3)27(26)30-20-24-16-10-9-11-17-24/h9-19,31H,7-8,20-21H2,1-6H3. The van der Waals surface area contributed by atoms with Crippen LogP contribution in [0, 0.1) is 13.8 Å². The molecule has 0 heterocycles. The molecule has 0 bridgehead atoms. The third-order valence-electron chi connectivity index (χ3n) is 6.37. The van der Waals surface area contributed by atoms with Gasteiger partial charge in [-0.05, 0) is 73.7 Å². The quantitative estimate of drug-likeness (QED) is 0.275. The molecule has 1 atom stereocenters. The van der Waals surface area contributed by atoms with E-state index in [0.29, 0.717) is 6.61 Å². The van der Waals surface area contributed by atoms with E-state index < -0.39 is 0 Å². The molecule has 0 N–H and O–H groups in total. The van der Waals surface area contributed by atoms with E-state index in [1.807, 2.05) is 0 Å². The Kier molecular flexibility index (Phi) is 8.93. The Balaban J connectivity index is 2.03. The molecule has 0 fully saturated rings. The largest absolute Gasteiger partial charge is 0.488 e. The van der Waals surface area contributed by atoms with Crippen molar-refractivity contribution in [1.29, 1.82) is 0 Å². The fraction of sp³-hybridized carbons (Fsp3) is 0.379. The zero-order valence-corrected chi connectivity index (χ0v) is 22.4. The summed E-state index contributed by atoms with van der Waals surface area (Å²) < 4.78 is 6.53. The molecule has 1 nitrogen and oxygen atoms in total. The summed E-state index contributed by atoms with van der Waals surface area (Å²) >= 11 is 0. The maximum atomic E-state index is 6.53. The van der Waals surface area contributed by atoms with E-state index in [1.54, 1.807) is 10.9 Å². The number of rotatable bonds is 10. The lowest BCUT2D eigenvalue weighted by molar-refractivity contribution is 0.296. The van der Waals surface area contributed by atoms with E-state index in [2.05, 4.69) is 108 Å². The summed E-state index contributed by atoms with van der Waals surface area (Å²) in [5.41, 5.74) is 6.79. The van der Waals surface area contributed by atoms with E-state index in [0.717, 1.165) is 27.2 Å². The number of aryl methyl sites for hydroxylation is 2. The molecule has 3 aromatic rings. The average molecular weight is 465 g/mol. The second-order valence-electron chi connectivity index (χ2n) is 8.99. The summed E-state index contributed by atoms with van der Waals surface area (Å²) in [5.74, 6) is 1.08. The number of hydrogen-bond donors (Lipinski definition) is 0. The van der Waals surface area contributed by atoms with Gasteiger partial charge in [-0.1, -0.05) is 89.2 Å². The first kappa shape index (κ1) is 25.0. The molecule has 0 spiro atoms. The molecule has 0 amide bonds. The second kappa shape index (κ2) is 11.4. The molecule has 3 heteroatoms. The van der Waals surface area contributed by atoms with E-state index in [4.69, 9.17) is 4.74 Å². The van der Waals surface area contributed by atoms with Crippen LogP contribution in [0.4, 0.5) is 0 Å². The molecule has 170 valence electrons. The van der Waals surface area contributed by atoms with Crippen molar-refractivity contribution in [3.05, 3.63) is 94.5 Å². The van der Waals surface area contributed by atoms with Gasteiger partial charge in [0, 0.05) is 10.7 Å². The molecule has 0 saturated carbocycles. The van der Waals surface area contributed by atoms with Crippen molar-refractivity contribution in [3.63, 3.8) is 0 Å². The lowest BCUT2D eigenvalue weighted by Gasteiger charge is -2.36. The highest BCUT2D eigenvalue weighted by atomic mass is 31.1. The predicted octanol–water partition coefficient (Wildman–Crippen LogP) is 8.14. The predicted molar refractivity (Wildman–Crippen MR) is 146 cm³/mol. The van der Waals surface area contributed by atoms with Gasteiger partial charge in [-0.3, -0.25) is 0 Å². The lowest BCUT2D eigenvalue weighted by Crippen LogP contribution is -2.25. The minimum atomic E-state index is 0.0272. The Hall–Kier alpha value is -1.68. The van der Waals surface area contributed by atoms with Crippen molar-refractivity contribution in [2.75, 3.05) is 13.3 Å². The second-order valence-corrected chi connectivity index (χ2v) is 13.2. The van der Waals surface area contributed by atoms with Crippen LogP contribution in [0.3, 0.4) is 0 Å². The van der Waals surface area contributed by atoms with Gasteiger partial charge in [-0.15, -0.1) is 7.92 Å². The van der Waals surface area contributed by atoms with E-state index in [-0.39, 0.29) is 13.1 Å². The van der Waals surface area contributed by atoms with Gasteiger partial charge in [0.05, 0.1) is 0 Å². The molecular formula is C29H38OP2. The molecule has 0 saturated heterocycles. The SMILES string of the molecule is CCC(CC)(Pc1c(C)cccc1CP(C)C)c1cccc(C)c1OCc1ccccc1. The average Bonchev–Trinajstić information content (AvgIpc) is 2.79. The molecular weight excluding hydrogens is 426 g/mol. The van der Waals surface area contributed by atoms with Crippen LogP contribution in [0.2, 0.25) is 0 Å². The van der Waals surface area contributed by atoms with Crippen molar-refractivity contribution < 1.29 is 4.74 Å². The van der Waals surface area contributed by atoms with Crippen molar-refractivity contribution in [3.8, 4) is 5.75 Å². The third kappa shape index (κ3) is 5.81. The molecule has 3 rings (SSSR count). The topological polar surface area (TPSA) is 9.23 Å². The molecule has 0 aromatic heterocycles. The highest BCUT2D eigenvalue weighted by Gasteiger charge is 2.33. The summed E-state index contributed by atoms with van der Waals surface area (Å²) in [4.78, 5) is 0. The Labute approximate surface area is 198 Å². The normalized spacial score (nSPS) is 12.1. The van der Waals surface area contributed by atoms with Crippen LogP contribution < -0.4 is 10.0 Å². The zero-order valence-electron chi connectivity index (χ0n) is 20.5. The zero-order chi connectivity index (χ0) is 23.1. The van der Waals surface area contributed by atoms with E-state index >= 15 is 0 Å². The summed E-state index contributed by atoms with van der Waals surface area (Å²) in [6.45, 7) is 14.6. The molecule has 32 heavy (non-hydrogen) atoms. The number of hydrogen-bond acceptors (Lipinski definition) is 1. The van der Waals surface area contributed by atoms with Crippen LogP contribution in [-0.2, 0) is 17.9 Å². The summed E-state index contributed by atoms with van der Waals surface area (Å²) in [5, 5.41) is 1.66.